The monoisotopic (exact) mass is 521 g/mol. The molecule has 0 bridgehead atoms. The zero-order chi connectivity index (χ0) is 27.2. The SMILES string of the molecule is CCCN1CC(=O)N2C(Cc3ccc(O)cc3)C(=O)N(CCC(C)C)CC2N1C(=O)NCc1ccccc1. The number of nitrogens with one attached hydrogen (secondary N) is 1. The van der Waals surface area contributed by atoms with Crippen molar-refractivity contribution < 1.29 is 19.5 Å². The average molecular weight is 522 g/mol. The number of amides is 4. The van der Waals surface area contributed by atoms with Crippen molar-refractivity contribution in [3.8, 4) is 5.75 Å². The maximum Gasteiger partial charge on any atom is 0.334 e. The van der Waals surface area contributed by atoms with Crippen LogP contribution in [0.15, 0.2) is 54.6 Å². The number of piperazine rings is 1. The molecule has 9 heteroatoms. The molecule has 4 rings (SSSR count). The highest BCUT2D eigenvalue weighted by Crippen LogP contribution is 2.29. The van der Waals surface area contributed by atoms with Gasteiger partial charge in [0.1, 0.15) is 18.0 Å². The first-order valence-corrected chi connectivity index (χ1v) is 13.5. The Morgan fingerprint density at radius 1 is 1.03 bits per heavy atom. The Morgan fingerprint density at radius 2 is 1.74 bits per heavy atom. The Hall–Kier alpha value is -3.59. The molecule has 2 aromatic carbocycles. The van der Waals surface area contributed by atoms with E-state index in [-0.39, 0.29) is 36.7 Å². The van der Waals surface area contributed by atoms with E-state index in [0.717, 1.165) is 24.0 Å². The largest absolute Gasteiger partial charge is 0.508 e. The second-order valence-electron chi connectivity index (χ2n) is 10.5. The number of hydrogen-bond donors (Lipinski definition) is 2. The van der Waals surface area contributed by atoms with Crippen molar-refractivity contribution in [1.82, 2.24) is 25.1 Å². The molecule has 4 amide bonds. The van der Waals surface area contributed by atoms with Crippen LogP contribution in [-0.2, 0) is 22.6 Å². The fourth-order valence-electron chi connectivity index (χ4n) is 5.17. The molecule has 2 N–H and O–H groups in total. The van der Waals surface area contributed by atoms with E-state index in [2.05, 4.69) is 19.2 Å². The topological polar surface area (TPSA) is 96.4 Å². The van der Waals surface area contributed by atoms with Gasteiger partial charge in [0.15, 0.2) is 0 Å². The van der Waals surface area contributed by atoms with E-state index in [1.54, 1.807) is 34.2 Å². The van der Waals surface area contributed by atoms with Gasteiger partial charge in [-0.05, 0) is 42.0 Å². The molecule has 0 radical (unpaired) electrons. The van der Waals surface area contributed by atoms with Crippen LogP contribution in [0.25, 0.3) is 0 Å². The number of fused-ring (bicyclic) bond motifs is 1. The van der Waals surface area contributed by atoms with Gasteiger partial charge in [-0.2, -0.15) is 0 Å². The molecule has 204 valence electrons. The lowest BCUT2D eigenvalue weighted by Gasteiger charge is -2.55. The van der Waals surface area contributed by atoms with Gasteiger partial charge >= 0.3 is 6.03 Å². The van der Waals surface area contributed by atoms with E-state index in [1.807, 2.05) is 47.2 Å². The summed E-state index contributed by atoms with van der Waals surface area (Å²) in [6.45, 7) is 8.03. The van der Waals surface area contributed by atoms with Crippen molar-refractivity contribution in [2.45, 2.75) is 58.8 Å². The lowest BCUT2D eigenvalue weighted by atomic mass is 9.98. The van der Waals surface area contributed by atoms with Gasteiger partial charge in [0.25, 0.3) is 0 Å². The number of urea groups is 1. The van der Waals surface area contributed by atoms with Crippen molar-refractivity contribution in [2.24, 2.45) is 5.92 Å². The molecule has 0 spiro atoms. The quantitative estimate of drug-likeness (QED) is 0.528. The molecule has 0 aromatic heterocycles. The molecule has 0 aliphatic carbocycles. The number of aromatic hydroxyl groups is 1. The molecule has 2 saturated heterocycles. The van der Waals surface area contributed by atoms with Crippen molar-refractivity contribution in [1.29, 1.82) is 0 Å². The van der Waals surface area contributed by atoms with Crippen molar-refractivity contribution in [3.05, 3.63) is 65.7 Å². The molecular formula is C29H39N5O4. The molecular weight excluding hydrogens is 482 g/mol. The third kappa shape index (κ3) is 6.27. The fraction of sp³-hybridized carbons (Fsp3) is 0.483. The Labute approximate surface area is 225 Å². The first-order chi connectivity index (χ1) is 18.3. The van der Waals surface area contributed by atoms with Crippen LogP contribution in [0.4, 0.5) is 4.79 Å². The maximum absolute atomic E-state index is 13.8. The minimum Gasteiger partial charge on any atom is -0.508 e. The number of carbonyl (C=O) groups excluding carboxylic acids is 3. The lowest BCUT2D eigenvalue weighted by molar-refractivity contribution is -0.190. The summed E-state index contributed by atoms with van der Waals surface area (Å²) in [5, 5.41) is 16.2. The number of benzene rings is 2. The van der Waals surface area contributed by atoms with Crippen LogP contribution < -0.4 is 5.32 Å². The van der Waals surface area contributed by atoms with Gasteiger partial charge in [-0.1, -0.05) is 63.2 Å². The summed E-state index contributed by atoms with van der Waals surface area (Å²) in [6, 6.07) is 15.4. The van der Waals surface area contributed by atoms with Crippen LogP contribution >= 0.6 is 0 Å². The molecule has 2 heterocycles. The number of phenols is 1. The van der Waals surface area contributed by atoms with E-state index in [1.165, 1.54) is 0 Å². The summed E-state index contributed by atoms with van der Waals surface area (Å²) in [5.74, 6) is 0.296. The molecule has 9 nitrogen and oxygen atoms in total. The zero-order valence-electron chi connectivity index (χ0n) is 22.5. The van der Waals surface area contributed by atoms with Gasteiger partial charge in [-0.3, -0.25) is 9.59 Å². The van der Waals surface area contributed by atoms with E-state index < -0.39 is 12.2 Å². The highest BCUT2D eigenvalue weighted by molar-refractivity contribution is 5.91. The van der Waals surface area contributed by atoms with Crippen molar-refractivity contribution in [2.75, 3.05) is 26.2 Å². The fourth-order valence-corrected chi connectivity index (χ4v) is 5.17. The molecule has 0 saturated carbocycles. The smallest absolute Gasteiger partial charge is 0.334 e. The Kier molecular flexibility index (Phi) is 8.89. The van der Waals surface area contributed by atoms with E-state index >= 15 is 0 Å². The van der Waals surface area contributed by atoms with Crippen molar-refractivity contribution in [3.63, 3.8) is 0 Å². The third-order valence-electron chi connectivity index (χ3n) is 7.15. The first kappa shape index (κ1) is 27.4. The van der Waals surface area contributed by atoms with Crippen LogP contribution in [-0.4, -0.2) is 81.2 Å². The van der Waals surface area contributed by atoms with Gasteiger partial charge in [-0.15, -0.1) is 0 Å². The van der Waals surface area contributed by atoms with Crippen LogP contribution in [0.3, 0.4) is 0 Å². The van der Waals surface area contributed by atoms with E-state index in [9.17, 15) is 19.5 Å². The summed E-state index contributed by atoms with van der Waals surface area (Å²) in [6.07, 6.45) is 1.31. The highest BCUT2D eigenvalue weighted by atomic mass is 16.3. The molecule has 2 unspecified atom stereocenters. The normalized spacial score (nSPS) is 20.2. The summed E-state index contributed by atoms with van der Waals surface area (Å²) in [7, 11) is 0. The Balaban J connectivity index is 1.65. The lowest BCUT2D eigenvalue weighted by Crippen LogP contribution is -2.76. The summed E-state index contributed by atoms with van der Waals surface area (Å²) >= 11 is 0. The minimum atomic E-state index is -0.730. The van der Waals surface area contributed by atoms with Crippen LogP contribution in [0.2, 0.25) is 0 Å². The molecule has 2 fully saturated rings. The average Bonchev–Trinajstić information content (AvgIpc) is 2.90. The van der Waals surface area contributed by atoms with E-state index in [4.69, 9.17) is 0 Å². The molecule has 2 aromatic rings. The maximum atomic E-state index is 13.8. The molecule has 2 atom stereocenters. The second-order valence-corrected chi connectivity index (χ2v) is 10.5. The number of hydrazine groups is 1. The van der Waals surface area contributed by atoms with Gasteiger partial charge in [0, 0.05) is 26.1 Å². The number of carbonyl (C=O) groups is 3. The number of phenolic OH excluding ortho intramolecular Hbond substituents is 1. The van der Waals surface area contributed by atoms with Crippen LogP contribution in [0, 0.1) is 5.92 Å². The first-order valence-electron chi connectivity index (χ1n) is 13.5. The Morgan fingerprint density at radius 3 is 2.39 bits per heavy atom. The standard InChI is InChI=1S/C29H39N5O4/c1-4-15-32-20-27(36)33-25(17-22-10-12-24(35)13-11-22)28(37)31(16-14-21(2)3)19-26(33)34(32)29(38)30-18-23-8-6-5-7-9-23/h5-13,21,25-26,35H,4,14-20H2,1-3H3,(H,30,38). The van der Waals surface area contributed by atoms with Gasteiger partial charge in [-0.25, -0.2) is 14.8 Å². The molecule has 38 heavy (non-hydrogen) atoms. The van der Waals surface area contributed by atoms with Crippen molar-refractivity contribution >= 4 is 17.8 Å². The van der Waals surface area contributed by atoms with Gasteiger partial charge in [0.2, 0.25) is 11.8 Å². The number of nitrogens with zero attached hydrogens (tertiary/aromatic N) is 4. The van der Waals surface area contributed by atoms with Gasteiger partial charge in [0.05, 0.1) is 13.1 Å². The molecule has 2 aliphatic rings. The second kappa shape index (κ2) is 12.3. The highest BCUT2D eigenvalue weighted by Gasteiger charge is 2.51. The number of hydrogen-bond acceptors (Lipinski definition) is 5. The predicted molar refractivity (Wildman–Crippen MR) is 145 cm³/mol. The zero-order valence-corrected chi connectivity index (χ0v) is 22.5. The third-order valence-corrected chi connectivity index (χ3v) is 7.15. The van der Waals surface area contributed by atoms with Crippen LogP contribution in [0.5, 0.6) is 5.75 Å². The van der Waals surface area contributed by atoms with Crippen LogP contribution in [0.1, 0.15) is 44.7 Å². The summed E-state index contributed by atoms with van der Waals surface area (Å²) in [4.78, 5) is 44.4. The minimum absolute atomic E-state index is 0.0362. The predicted octanol–water partition coefficient (Wildman–Crippen LogP) is 3.20. The molecule has 2 aliphatic heterocycles. The Bertz CT molecular complexity index is 1110. The van der Waals surface area contributed by atoms with E-state index in [0.29, 0.717) is 32.0 Å². The van der Waals surface area contributed by atoms with Gasteiger partial charge < -0.3 is 20.2 Å². The number of rotatable bonds is 9. The summed E-state index contributed by atoms with van der Waals surface area (Å²) < 4.78 is 0. The summed E-state index contributed by atoms with van der Waals surface area (Å²) in [5.41, 5.74) is 1.82.